The van der Waals surface area contributed by atoms with Crippen LogP contribution in [0.2, 0.25) is 0 Å². The lowest BCUT2D eigenvalue weighted by Crippen LogP contribution is -2.31. The van der Waals surface area contributed by atoms with E-state index in [0.717, 1.165) is 56.9 Å². The number of likely N-dealkylation sites (tertiary alicyclic amines) is 1. The highest BCUT2D eigenvalue weighted by Gasteiger charge is 2.33. The Balaban J connectivity index is 1.24. The normalized spacial score (nSPS) is 15.9. The SMILES string of the molecule is Cc1nc2cc(-c3ccc4nc([C@@H]5CCCN5C(=O)OCc5ccccc5)[nH]c4c3)ccc2s1. The molecule has 1 aliphatic heterocycles. The minimum absolute atomic E-state index is 0.103. The zero-order valence-corrected chi connectivity index (χ0v) is 19.6. The number of carbonyl (C=O) groups excluding carboxylic acids is 1. The Morgan fingerprint density at radius 2 is 1.88 bits per heavy atom. The maximum Gasteiger partial charge on any atom is 0.410 e. The molecule has 1 aliphatic rings. The fourth-order valence-electron chi connectivity index (χ4n) is 4.66. The summed E-state index contributed by atoms with van der Waals surface area (Å²) >= 11 is 1.71. The number of aromatic nitrogens is 3. The maximum atomic E-state index is 12.8. The van der Waals surface area contributed by atoms with Crippen molar-refractivity contribution in [1.82, 2.24) is 19.9 Å². The second kappa shape index (κ2) is 8.57. The minimum Gasteiger partial charge on any atom is -0.445 e. The molecule has 5 aromatic rings. The quantitative estimate of drug-likeness (QED) is 0.322. The summed E-state index contributed by atoms with van der Waals surface area (Å²) in [6.07, 6.45) is 1.51. The largest absolute Gasteiger partial charge is 0.445 e. The summed E-state index contributed by atoms with van der Waals surface area (Å²) in [6.45, 7) is 2.98. The highest BCUT2D eigenvalue weighted by Crippen LogP contribution is 2.34. The smallest absolute Gasteiger partial charge is 0.410 e. The lowest BCUT2D eigenvalue weighted by atomic mass is 10.0. The third kappa shape index (κ3) is 3.92. The van der Waals surface area contributed by atoms with Gasteiger partial charge < -0.3 is 9.72 Å². The number of hydrogen-bond acceptors (Lipinski definition) is 5. The van der Waals surface area contributed by atoms with E-state index in [1.54, 1.807) is 16.2 Å². The Bertz CT molecular complexity index is 1490. The number of hydrogen-bond donors (Lipinski definition) is 1. The van der Waals surface area contributed by atoms with E-state index in [1.165, 1.54) is 4.70 Å². The zero-order valence-electron chi connectivity index (χ0n) is 18.8. The van der Waals surface area contributed by atoms with Crippen molar-refractivity contribution in [3.63, 3.8) is 0 Å². The second-order valence-corrected chi connectivity index (χ2v) is 9.90. The molecule has 3 heterocycles. The molecule has 0 aliphatic carbocycles. The molecule has 2 aromatic heterocycles. The van der Waals surface area contributed by atoms with Crippen molar-refractivity contribution < 1.29 is 9.53 Å². The van der Waals surface area contributed by atoms with Crippen molar-refractivity contribution in [2.24, 2.45) is 0 Å². The number of carbonyl (C=O) groups is 1. The number of nitrogens with one attached hydrogen (secondary N) is 1. The Morgan fingerprint density at radius 3 is 2.76 bits per heavy atom. The van der Waals surface area contributed by atoms with Gasteiger partial charge in [-0.3, -0.25) is 4.90 Å². The van der Waals surface area contributed by atoms with Gasteiger partial charge in [0.15, 0.2) is 0 Å². The van der Waals surface area contributed by atoms with E-state index in [0.29, 0.717) is 6.54 Å². The number of imidazole rings is 1. The molecule has 1 atom stereocenters. The van der Waals surface area contributed by atoms with Gasteiger partial charge in [0.1, 0.15) is 12.4 Å². The first-order chi connectivity index (χ1) is 16.6. The van der Waals surface area contributed by atoms with Gasteiger partial charge in [-0.1, -0.05) is 42.5 Å². The topological polar surface area (TPSA) is 71.1 Å². The number of aromatic amines is 1. The zero-order chi connectivity index (χ0) is 23.1. The van der Waals surface area contributed by atoms with E-state index in [-0.39, 0.29) is 18.7 Å². The molecule has 1 fully saturated rings. The van der Waals surface area contributed by atoms with Gasteiger partial charge in [0.2, 0.25) is 0 Å². The molecule has 6 rings (SSSR count). The average Bonchev–Trinajstić information content (AvgIpc) is 3.58. The number of H-pyrrole nitrogens is 1. The van der Waals surface area contributed by atoms with E-state index < -0.39 is 0 Å². The number of ether oxygens (including phenoxy) is 1. The predicted molar refractivity (Wildman–Crippen MR) is 135 cm³/mol. The van der Waals surface area contributed by atoms with Crippen LogP contribution in [0.5, 0.6) is 0 Å². The maximum absolute atomic E-state index is 12.8. The van der Waals surface area contributed by atoms with Crippen molar-refractivity contribution in [1.29, 1.82) is 0 Å². The Labute approximate surface area is 201 Å². The van der Waals surface area contributed by atoms with Gasteiger partial charge in [-0.05, 0) is 60.7 Å². The second-order valence-electron chi connectivity index (χ2n) is 8.66. The highest BCUT2D eigenvalue weighted by molar-refractivity contribution is 7.18. The van der Waals surface area contributed by atoms with Crippen LogP contribution in [-0.4, -0.2) is 32.5 Å². The lowest BCUT2D eigenvalue weighted by Gasteiger charge is -2.22. The van der Waals surface area contributed by atoms with Crippen LogP contribution in [0.25, 0.3) is 32.4 Å². The van der Waals surface area contributed by atoms with Crippen LogP contribution in [0.15, 0.2) is 66.7 Å². The molecule has 1 amide bonds. The van der Waals surface area contributed by atoms with E-state index in [4.69, 9.17) is 9.72 Å². The van der Waals surface area contributed by atoms with Crippen molar-refractivity contribution in [2.75, 3.05) is 6.54 Å². The molecular weight excluding hydrogens is 444 g/mol. The number of benzene rings is 3. The number of aryl methyl sites for hydroxylation is 1. The summed E-state index contributed by atoms with van der Waals surface area (Å²) in [5.74, 6) is 0.812. The minimum atomic E-state index is -0.292. The van der Waals surface area contributed by atoms with Crippen LogP contribution in [0.4, 0.5) is 4.79 Å². The first-order valence-corrected chi connectivity index (χ1v) is 12.3. The fourth-order valence-corrected chi connectivity index (χ4v) is 5.47. The average molecular weight is 469 g/mol. The number of thiazole rings is 1. The van der Waals surface area contributed by atoms with Gasteiger partial charge in [0.25, 0.3) is 0 Å². The molecule has 0 bridgehead atoms. The van der Waals surface area contributed by atoms with Gasteiger partial charge in [-0.25, -0.2) is 14.8 Å². The van der Waals surface area contributed by atoms with E-state index in [1.807, 2.05) is 43.3 Å². The first-order valence-electron chi connectivity index (χ1n) is 11.5. The van der Waals surface area contributed by atoms with E-state index >= 15 is 0 Å². The Kier molecular flexibility index (Phi) is 5.26. The molecule has 1 N–H and O–H groups in total. The van der Waals surface area contributed by atoms with Gasteiger partial charge in [0, 0.05) is 6.54 Å². The number of amides is 1. The lowest BCUT2D eigenvalue weighted by molar-refractivity contribution is 0.0910. The van der Waals surface area contributed by atoms with E-state index in [2.05, 4.69) is 40.3 Å². The number of fused-ring (bicyclic) bond motifs is 2. The molecule has 170 valence electrons. The van der Waals surface area contributed by atoms with Gasteiger partial charge in [-0.15, -0.1) is 11.3 Å². The summed E-state index contributed by atoms with van der Waals surface area (Å²) in [5.41, 5.74) is 6.11. The number of nitrogens with zero attached hydrogens (tertiary/aromatic N) is 3. The van der Waals surface area contributed by atoms with Gasteiger partial charge in [0.05, 0.1) is 32.3 Å². The fraction of sp³-hybridized carbons (Fsp3) is 0.222. The van der Waals surface area contributed by atoms with Crippen molar-refractivity contribution >= 4 is 38.7 Å². The molecule has 6 nitrogen and oxygen atoms in total. The number of rotatable bonds is 4. The molecule has 34 heavy (non-hydrogen) atoms. The summed E-state index contributed by atoms with van der Waals surface area (Å²) in [7, 11) is 0. The van der Waals surface area contributed by atoms with Crippen LogP contribution < -0.4 is 0 Å². The van der Waals surface area contributed by atoms with Crippen LogP contribution in [0.3, 0.4) is 0 Å². The molecular formula is C27H24N4O2S. The summed E-state index contributed by atoms with van der Waals surface area (Å²) in [4.78, 5) is 27.5. The van der Waals surface area contributed by atoms with E-state index in [9.17, 15) is 4.79 Å². The highest BCUT2D eigenvalue weighted by atomic mass is 32.1. The van der Waals surface area contributed by atoms with Crippen LogP contribution in [-0.2, 0) is 11.3 Å². The molecule has 1 saturated heterocycles. The Morgan fingerprint density at radius 1 is 1.06 bits per heavy atom. The first kappa shape index (κ1) is 20.9. The third-order valence-electron chi connectivity index (χ3n) is 6.34. The molecule has 0 unspecified atom stereocenters. The summed E-state index contributed by atoms with van der Waals surface area (Å²) in [5, 5.41) is 1.07. The van der Waals surface area contributed by atoms with Gasteiger partial charge in [-0.2, -0.15) is 0 Å². The van der Waals surface area contributed by atoms with Crippen molar-refractivity contribution in [3.05, 3.63) is 83.1 Å². The molecule has 0 radical (unpaired) electrons. The third-order valence-corrected chi connectivity index (χ3v) is 7.29. The van der Waals surface area contributed by atoms with Crippen molar-refractivity contribution in [2.45, 2.75) is 32.4 Å². The molecule has 0 saturated carbocycles. The predicted octanol–water partition coefficient (Wildman–Crippen LogP) is 6.62. The summed E-state index contributed by atoms with van der Waals surface area (Å²) < 4.78 is 6.79. The summed E-state index contributed by atoms with van der Waals surface area (Å²) in [6, 6.07) is 22.3. The van der Waals surface area contributed by atoms with Crippen molar-refractivity contribution in [3.8, 4) is 11.1 Å². The Hall–Kier alpha value is -3.71. The molecule has 0 spiro atoms. The van der Waals surface area contributed by atoms with Gasteiger partial charge >= 0.3 is 6.09 Å². The van der Waals surface area contributed by atoms with Crippen LogP contribution in [0.1, 0.15) is 35.3 Å². The standard InChI is InChI=1S/C27H24N4O2S/c1-17-28-23-15-20(10-12-25(23)34-17)19-9-11-21-22(14-19)30-26(29-21)24-8-5-13-31(24)27(32)33-16-18-6-3-2-4-7-18/h2-4,6-7,9-12,14-15,24H,5,8,13,16H2,1H3,(H,29,30)/t24-/m0/s1. The molecule has 3 aromatic carbocycles. The monoisotopic (exact) mass is 468 g/mol. The molecule has 7 heteroatoms. The van der Waals surface area contributed by atoms with Crippen LogP contribution >= 0.6 is 11.3 Å². The van der Waals surface area contributed by atoms with Crippen LogP contribution in [0, 0.1) is 6.92 Å².